The average Bonchev–Trinajstić information content (AvgIpc) is 1.67. The zero-order valence-electron chi connectivity index (χ0n) is 77.8. The Hall–Kier alpha value is -15.7. The molecule has 0 spiro atoms. The molecule has 1 saturated heterocycles. The molecule has 21 rings (SSSR count). The van der Waals surface area contributed by atoms with Crippen LogP contribution in [0.4, 0.5) is 51.0 Å². The van der Waals surface area contributed by atoms with Gasteiger partial charge in [-0.3, -0.25) is 4.90 Å². The highest BCUT2D eigenvalue weighted by Gasteiger charge is 2.30. The molecular weight excluding hydrogens is 1770 g/mol. The fraction of sp³-hybridized carbons (Fsp3) is 0.316. The number of pyridine rings is 3. The van der Waals surface area contributed by atoms with Crippen LogP contribution >= 0.6 is 0 Å². The molecule has 10 atom stereocenters. The molecule has 716 valence electrons. The van der Waals surface area contributed by atoms with Crippen LogP contribution in [0.5, 0.6) is 29.1 Å². The van der Waals surface area contributed by atoms with Gasteiger partial charge in [0.2, 0.25) is 17.6 Å². The number of hydrogen-bond donors (Lipinski definition) is 11. The number of halogens is 5. The number of anilines is 5. The molecule has 0 unspecified atom stereocenters. The summed E-state index contributed by atoms with van der Waals surface area (Å²) in [6, 6.07) is 21.6. The van der Waals surface area contributed by atoms with Gasteiger partial charge in [0.25, 0.3) is 0 Å². The Morgan fingerprint density at radius 2 is 0.638 bits per heavy atom. The minimum atomic E-state index is -0.411. The van der Waals surface area contributed by atoms with Crippen LogP contribution in [0, 0.1) is 29.1 Å². The molecule has 6 aliphatic rings. The fourth-order valence-electron chi connectivity index (χ4n) is 16.5. The van der Waals surface area contributed by atoms with Crippen LogP contribution in [0.2, 0.25) is 0 Å². The summed E-state index contributed by atoms with van der Waals surface area (Å²) in [5.74, 6) is 3.97. The lowest BCUT2D eigenvalue weighted by molar-refractivity contribution is 0.147. The number of hydrogen-bond acceptors (Lipinski definition) is 30. The third-order valence-corrected chi connectivity index (χ3v) is 24.0. The van der Waals surface area contributed by atoms with Crippen LogP contribution in [0.1, 0.15) is 160 Å². The molecule has 2 aromatic carbocycles. The van der Waals surface area contributed by atoms with E-state index in [9.17, 15) is 22.0 Å². The van der Waals surface area contributed by atoms with E-state index in [1.54, 1.807) is 65.7 Å². The number of rotatable bonds is 5. The second kappa shape index (κ2) is 41.6. The lowest BCUT2D eigenvalue weighted by atomic mass is 10.1. The molecular formula is C98H109F5N30O5. The summed E-state index contributed by atoms with van der Waals surface area (Å²) in [6.45, 7) is 42.4. The van der Waals surface area contributed by atoms with Gasteiger partial charge in [-0.05, 0) is 173 Å². The predicted molar refractivity (Wildman–Crippen MR) is 519 cm³/mol. The number of likely N-dealkylation sites (N-methyl/N-ethyl adjacent to an activating group) is 1. The summed E-state index contributed by atoms with van der Waals surface area (Å²) in [4.78, 5) is 38.1. The second-order valence-corrected chi connectivity index (χ2v) is 34.4. The summed E-state index contributed by atoms with van der Waals surface area (Å²) >= 11 is 0. The van der Waals surface area contributed by atoms with Crippen molar-refractivity contribution in [3.63, 3.8) is 0 Å². The Morgan fingerprint density at radius 3 is 0.964 bits per heavy atom. The van der Waals surface area contributed by atoms with E-state index < -0.39 is 17.5 Å². The zero-order valence-corrected chi connectivity index (χ0v) is 77.8. The minimum Gasteiger partial charge on any atom is -0.487 e. The fourth-order valence-corrected chi connectivity index (χ4v) is 16.5. The van der Waals surface area contributed by atoms with Gasteiger partial charge in [-0.25, -0.2) is 84.4 Å². The largest absolute Gasteiger partial charge is 0.487 e. The average molecular weight is 1880 g/mol. The first-order chi connectivity index (χ1) is 66.7. The Morgan fingerprint density at radius 1 is 0.348 bits per heavy atom. The Balaban J connectivity index is 0.000000120. The maximum atomic E-state index is 14.1. The second-order valence-electron chi connectivity index (χ2n) is 34.4. The number of fused-ring (bicyclic) bond motifs is 10. The summed E-state index contributed by atoms with van der Waals surface area (Å²) in [5, 5.41) is 57.9. The van der Waals surface area contributed by atoms with E-state index in [-0.39, 0.29) is 72.4 Å². The quantitative estimate of drug-likeness (QED) is 0.0713. The van der Waals surface area contributed by atoms with Gasteiger partial charge in [0.15, 0.2) is 28.2 Å². The first-order valence-corrected chi connectivity index (χ1v) is 45.6. The summed E-state index contributed by atoms with van der Waals surface area (Å²) in [5.41, 5.74) is 14.6. The van der Waals surface area contributed by atoms with Gasteiger partial charge >= 0.3 is 0 Å². The van der Waals surface area contributed by atoms with Gasteiger partial charge in [-0.1, -0.05) is 39.8 Å². The third kappa shape index (κ3) is 21.8. The molecule has 10 bridgehead atoms. The van der Waals surface area contributed by atoms with Crippen molar-refractivity contribution in [2.45, 2.75) is 135 Å². The monoisotopic (exact) mass is 1880 g/mol. The Bertz CT molecular complexity index is 6840. The molecule has 0 amide bonds. The SMILES string of the molecule is C=C1NC[C@@H](CC)Oc2ncc(F)cc2[C@@H](C)Nc2ccn3ncc1c3n2.C=C1NC[C@@H](CN2CCCC2)Oc2ccc(F)cc2[C@@H](C)Nc2ccn3ncc1c3n2.C=C1NC[C@@H](CNC)Oc2ccc(F)cc2[C@@H](C)Nc2ccn3ncc1c3n2.C=C1NC[C@H](C)Oc2ncc(F)cc2[C@@H](C)Nc2ccn3ncc1c3n2.C=C1NC[C@H](C)Oc2ncc(F)cc2[C@H](C)Nc2ccn3ncc1c3n2. The molecule has 0 aliphatic carbocycles. The molecule has 35 nitrogen and oxygen atoms in total. The van der Waals surface area contributed by atoms with Gasteiger partial charge in [0.1, 0.15) is 100 Å². The van der Waals surface area contributed by atoms with Crippen molar-refractivity contribution >= 4 is 85.8 Å². The van der Waals surface area contributed by atoms with Crippen LogP contribution in [0.15, 0.2) is 198 Å². The zero-order chi connectivity index (χ0) is 96.5. The molecule has 0 saturated carbocycles. The predicted octanol–water partition coefficient (Wildman–Crippen LogP) is 14.8. The van der Waals surface area contributed by atoms with Gasteiger partial charge in [0, 0.05) is 100 Å². The van der Waals surface area contributed by atoms with Crippen LogP contribution in [0.3, 0.4) is 0 Å². The number of nitrogens with one attached hydrogen (secondary N) is 11. The maximum Gasteiger partial charge on any atom is 0.219 e. The number of benzene rings is 2. The molecule has 19 heterocycles. The molecule has 11 N–H and O–H groups in total. The highest BCUT2D eigenvalue weighted by Crippen LogP contribution is 2.37. The van der Waals surface area contributed by atoms with Crippen molar-refractivity contribution in [3.05, 3.63) is 283 Å². The first kappa shape index (κ1) is 94.0. The van der Waals surface area contributed by atoms with E-state index in [4.69, 9.17) is 28.7 Å². The molecule has 15 aromatic rings. The molecule has 6 aliphatic heterocycles. The van der Waals surface area contributed by atoms with E-state index in [2.05, 4.69) is 157 Å². The van der Waals surface area contributed by atoms with Crippen molar-refractivity contribution in [3.8, 4) is 29.1 Å². The van der Waals surface area contributed by atoms with E-state index in [0.717, 1.165) is 94.5 Å². The van der Waals surface area contributed by atoms with Crippen molar-refractivity contribution in [2.75, 3.05) is 92.5 Å². The summed E-state index contributed by atoms with van der Waals surface area (Å²) in [6.07, 6.45) is 23.7. The maximum absolute atomic E-state index is 14.1. The van der Waals surface area contributed by atoms with Crippen LogP contribution in [0.25, 0.3) is 56.7 Å². The topological polar surface area (TPSA) is 371 Å². The van der Waals surface area contributed by atoms with Crippen molar-refractivity contribution in [1.29, 1.82) is 0 Å². The molecule has 0 radical (unpaired) electrons. The van der Waals surface area contributed by atoms with E-state index in [1.807, 2.05) is 124 Å². The molecule has 13 aromatic heterocycles. The van der Waals surface area contributed by atoms with Crippen molar-refractivity contribution in [2.24, 2.45) is 0 Å². The van der Waals surface area contributed by atoms with Crippen LogP contribution in [-0.2, 0) is 0 Å². The van der Waals surface area contributed by atoms with Gasteiger partial charge in [-0.2, -0.15) is 25.5 Å². The number of likely N-dealkylation sites (tertiary alicyclic amines) is 1. The van der Waals surface area contributed by atoms with Gasteiger partial charge in [-0.15, -0.1) is 0 Å². The van der Waals surface area contributed by atoms with Crippen molar-refractivity contribution in [1.82, 2.24) is 125 Å². The van der Waals surface area contributed by atoms with Gasteiger partial charge < -0.3 is 82.2 Å². The smallest absolute Gasteiger partial charge is 0.219 e. The van der Waals surface area contributed by atoms with Crippen molar-refractivity contribution < 1.29 is 45.6 Å². The lowest BCUT2D eigenvalue weighted by Crippen LogP contribution is -2.40. The summed E-state index contributed by atoms with van der Waals surface area (Å²) < 4.78 is 109. The third-order valence-electron chi connectivity index (χ3n) is 24.0. The molecule has 1 fully saturated rings. The van der Waals surface area contributed by atoms with Gasteiger partial charge in [0.05, 0.1) is 140 Å². The number of nitrogens with zero attached hydrogens (tertiary/aromatic N) is 19. The molecule has 40 heteroatoms. The van der Waals surface area contributed by atoms with Crippen LogP contribution in [-0.4, -0.2) is 189 Å². The number of ether oxygens (including phenoxy) is 5. The van der Waals surface area contributed by atoms with E-state index in [0.29, 0.717) is 154 Å². The summed E-state index contributed by atoms with van der Waals surface area (Å²) in [7, 11) is 1.87. The number of aromatic nitrogens is 18. The highest BCUT2D eigenvalue weighted by molar-refractivity contribution is 5.78. The van der Waals surface area contributed by atoms with E-state index in [1.165, 1.54) is 61.5 Å². The highest BCUT2D eigenvalue weighted by atomic mass is 19.1. The molecule has 138 heavy (non-hydrogen) atoms. The standard InChI is InChI=1S/C23H27FN6O.C20H23FN6O.C19H21FN6O.2C18H19FN6O/c1-15-20-13-26-30-10-7-22(28-23(20)30)27-16(2)19-11-17(24)5-6-21(19)31-18(12-25-15)14-29-8-3-4-9-29;1-12-17-11-24-27-7-6-19(26-20(17)27)25-13(2)16-8-14(21)4-5-18(16)28-15(9-22-3)10-23-12;1-4-14-9-21-11(2)16-10-23-26-6-5-17(25-18(16)26)24-12(3)15-7-13(20)8-22-19(15)27-14;2*1-10-7-20-11(2)15-9-22-25-5-4-16(24-17(15)25)23-12(3)14-6-13(19)8-21-18(14)26-10/h5-7,10-11,13,16,18,25H,1,3-4,8-9,12,14H2,2H3,(H,27,28);4-8,11,13,15,22-23H,1,9-10H2,2-3H3,(H,25,26);5-8,10,12,14,21H,2,4,9H2,1,3H3,(H,24,25);2*4-6,8-10,12,20H,2,7H2,1,3H3,(H,23,24)/t16-,18+;13-,15-;12-,14-;10-,12+;10-,12-/m11100/s1. The first-order valence-electron chi connectivity index (χ1n) is 45.6. The Labute approximate surface area is 792 Å². The Kier molecular flexibility index (Phi) is 28.4. The van der Waals surface area contributed by atoms with Crippen LogP contribution < -0.4 is 82.2 Å². The minimum absolute atomic E-state index is 0.117. The lowest BCUT2D eigenvalue weighted by Gasteiger charge is -2.27. The normalized spacial score (nSPS) is 20.4. The van der Waals surface area contributed by atoms with E-state index >= 15 is 0 Å².